The Morgan fingerprint density at radius 3 is 2.38 bits per heavy atom. The summed E-state index contributed by atoms with van der Waals surface area (Å²) in [6.07, 6.45) is 0.398. The molecule has 118 valence electrons. The lowest BCUT2D eigenvalue weighted by Gasteiger charge is -2.26. The van der Waals surface area contributed by atoms with Gasteiger partial charge in [0.2, 0.25) is 10.0 Å². The van der Waals surface area contributed by atoms with Crippen LogP contribution in [0.15, 0.2) is 34.1 Å². The molecular formula is C12H16ClNO5S2. The molecule has 0 saturated carbocycles. The highest BCUT2D eigenvalue weighted by molar-refractivity contribution is 8.13. The summed E-state index contributed by atoms with van der Waals surface area (Å²) in [5.41, 5.74) is 0. The van der Waals surface area contributed by atoms with Crippen molar-refractivity contribution in [3.05, 3.63) is 24.3 Å². The number of rotatable bonds is 4. The van der Waals surface area contributed by atoms with Gasteiger partial charge in [0.15, 0.2) is 0 Å². The second-order valence-electron chi connectivity index (χ2n) is 4.87. The van der Waals surface area contributed by atoms with Crippen LogP contribution in [-0.2, 0) is 23.8 Å². The molecule has 0 aliphatic carbocycles. The number of sulfonamides is 1. The summed E-state index contributed by atoms with van der Waals surface area (Å²) in [4.78, 5) is -0.347. The van der Waals surface area contributed by atoms with Crippen LogP contribution < -0.4 is 0 Å². The zero-order chi connectivity index (χ0) is 15.8. The maximum Gasteiger partial charge on any atom is 0.261 e. The molecule has 1 saturated heterocycles. The topological polar surface area (TPSA) is 80.8 Å². The quantitative estimate of drug-likeness (QED) is 0.764. The van der Waals surface area contributed by atoms with Crippen molar-refractivity contribution in [2.24, 2.45) is 0 Å². The number of nitrogens with zero attached hydrogens (tertiary/aromatic N) is 1. The van der Waals surface area contributed by atoms with Crippen LogP contribution in [0.25, 0.3) is 0 Å². The largest absolute Gasteiger partial charge is 0.377 e. The van der Waals surface area contributed by atoms with E-state index in [4.69, 9.17) is 15.4 Å². The second kappa shape index (κ2) is 5.85. The number of hydrogen-bond donors (Lipinski definition) is 0. The highest BCUT2D eigenvalue weighted by atomic mass is 35.7. The first kappa shape index (κ1) is 16.7. The molecule has 0 bridgehead atoms. The zero-order valence-corrected chi connectivity index (χ0v) is 14.0. The van der Waals surface area contributed by atoms with E-state index < -0.39 is 19.1 Å². The summed E-state index contributed by atoms with van der Waals surface area (Å²) in [6, 6.07) is 4.74. The maximum absolute atomic E-state index is 12.6. The van der Waals surface area contributed by atoms with E-state index in [0.29, 0.717) is 13.0 Å². The fraction of sp³-hybridized carbons (Fsp3) is 0.500. The average Bonchev–Trinajstić information content (AvgIpc) is 2.83. The Hall–Kier alpha value is -0.670. The first-order valence-corrected chi connectivity index (χ1v) is 10.0. The van der Waals surface area contributed by atoms with Crippen LogP contribution in [0.5, 0.6) is 0 Å². The predicted octanol–water partition coefficient (Wildman–Crippen LogP) is 1.41. The van der Waals surface area contributed by atoms with E-state index in [1.807, 2.05) is 6.92 Å². The van der Waals surface area contributed by atoms with Crippen molar-refractivity contribution >= 4 is 29.8 Å². The van der Waals surface area contributed by atoms with E-state index >= 15 is 0 Å². The van der Waals surface area contributed by atoms with Gasteiger partial charge in [-0.3, -0.25) is 0 Å². The van der Waals surface area contributed by atoms with Gasteiger partial charge in [0.1, 0.15) is 0 Å². The van der Waals surface area contributed by atoms with Crippen molar-refractivity contribution < 1.29 is 21.6 Å². The molecule has 1 fully saturated rings. The van der Waals surface area contributed by atoms with Gasteiger partial charge < -0.3 is 4.74 Å². The van der Waals surface area contributed by atoms with Crippen molar-refractivity contribution in [2.45, 2.75) is 35.3 Å². The van der Waals surface area contributed by atoms with Gasteiger partial charge in [-0.05, 0) is 31.5 Å². The zero-order valence-electron chi connectivity index (χ0n) is 11.6. The minimum atomic E-state index is -3.98. The van der Waals surface area contributed by atoms with Crippen LogP contribution in [0, 0.1) is 0 Å². The lowest BCUT2D eigenvalue weighted by molar-refractivity contribution is 0.102. The van der Waals surface area contributed by atoms with E-state index in [0.717, 1.165) is 6.07 Å². The molecule has 1 heterocycles. The van der Waals surface area contributed by atoms with Crippen LogP contribution in [0.2, 0.25) is 0 Å². The molecular weight excluding hydrogens is 338 g/mol. The molecule has 0 N–H and O–H groups in total. The van der Waals surface area contributed by atoms with Gasteiger partial charge >= 0.3 is 0 Å². The number of halogens is 1. The van der Waals surface area contributed by atoms with E-state index in [1.165, 1.54) is 29.6 Å². The van der Waals surface area contributed by atoms with E-state index in [9.17, 15) is 16.8 Å². The second-order valence-corrected chi connectivity index (χ2v) is 9.43. The Morgan fingerprint density at radius 1 is 1.24 bits per heavy atom. The Morgan fingerprint density at radius 2 is 1.86 bits per heavy atom. The third-order valence-corrected chi connectivity index (χ3v) is 6.80. The Bertz CT molecular complexity index is 732. The molecule has 2 rings (SSSR count). The lowest BCUT2D eigenvalue weighted by Crippen LogP contribution is -2.40. The number of ether oxygens (including phenoxy) is 1. The maximum atomic E-state index is 12.6. The van der Waals surface area contributed by atoms with Gasteiger partial charge in [-0.2, -0.15) is 4.31 Å². The van der Waals surface area contributed by atoms with Crippen molar-refractivity contribution in [3.8, 4) is 0 Å². The first-order chi connectivity index (χ1) is 9.64. The van der Waals surface area contributed by atoms with Crippen molar-refractivity contribution in [2.75, 3.05) is 13.7 Å². The summed E-state index contributed by atoms with van der Waals surface area (Å²) in [5, 5.41) is 0. The van der Waals surface area contributed by atoms with Crippen LogP contribution in [-0.4, -0.2) is 46.9 Å². The van der Waals surface area contributed by atoms with Crippen molar-refractivity contribution in [3.63, 3.8) is 0 Å². The molecule has 6 nitrogen and oxygen atoms in total. The molecule has 1 aliphatic heterocycles. The fourth-order valence-corrected chi connectivity index (χ4v) is 4.69. The normalized spacial score (nSPS) is 23.6. The van der Waals surface area contributed by atoms with Gasteiger partial charge in [-0.1, -0.05) is 6.07 Å². The van der Waals surface area contributed by atoms with E-state index in [2.05, 4.69) is 0 Å². The summed E-state index contributed by atoms with van der Waals surface area (Å²) in [7, 11) is -1.06. The fourth-order valence-electron chi connectivity index (χ4n) is 2.33. The monoisotopic (exact) mass is 353 g/mol. The van der Waals surface area contributed by atoms with Crippen LogP contribution in [0.1, 0.15) is 13.3 Å². The van der Waals surface area contributed by atoms with Crippen LogP contribution >= 0.6 is 10.7 Å². The first-order valence-electron chi connectivity index (χ1n) is 6.28. The number of likely N-dealkylation sites (N-methyl/N-ethyl adjacent to an activating group) is 1. The van der Waals surface area contributed by atoms with Crippen molar-refractivity contribution in [1.82, 2.24) is 4.31 Å². The Labute approximate surface area is 129 Å². The SMILES string of the molecule is CC1OCCC1N(C)S(=O)(=O)c1cccc(S(=O)(=O)Cl)c1. The third-order valence-electron chi connectivity index (χ3n) is 3.57. The highest BCUT2D eigenvalue weighted by Crippen LogP contribution is 2.26. The van der Waals surface area contributed by atoms with Gasteiger partial charge in [0.25, 0.3) is 9.05 Å². The van der Waals surface area contributed by atoms with Crippen LogP contribution in [0.3, 0.4) is 0 Å². The van der Waals surface area contributed by atoms with E-state index in [1.54, 1.807) is 0 Å². The van der Waals surface area contributed by atoms with Crippen molar-refractivity contribution in [1.29, 1.82) is 0 Å². The summed E-state index contributed by atoms with van der Waals surface area (Å²) >= 11 is 0. The van der Waals surface area contributed by atoms with Gasteiger partial charge in [0.05, 0.1) is 21.9 Å². The Balaban J connectivity index is 2.40. The van der Waals surface area contributed by atoms with Crippen LogP contribution in [0.4, 0.5) is 0 Å². The third kappa shape index (κ3) is 3.40. The smallest absolute Gasteiger partial charge is 0.261 e. The molecule has 1 aromatic carbocycles. The molecule has 0 spiro atoms. The lowest BCUT2D eigenvalue weighted by atomic mass is 10.2. The summed E-state index contributed by atoms with van der Waals surface area (Å²) in [5.74, 6) is 0. The van der Waals surface area contributed by atoms with Gasteiger partial charge in [-0.25, -0.2) is 16.8 Å². The molecule has 2 atom stereocenters. The molecule has 1 aromatic rings. The number of benzene rings is 1. The highest BCUT2D eigenvalue weighted by Gasteiger charge is 2.35. The molecule has 0 aromatic heterocycles. The Kier molecular flexibility index (Phi) is 4.65. The summed E-state index contributed by atoms with van der Waals surface area (Å²) in [6.45, 7) is 2.31. The molecule has 9 heteroatoms. The standard InChI is InChI=1S/C12H16ClNO5S2/c1-9-12(6-7-19-9)14(2)21(17,18)11-5-3-4-10(8-11)20(13,15)16/h3-5,8-9,12H,6-7H2,1-2H3. The molecule has 0 radical (unpaired) electrons. The van der Waals surface area contributed by atoms with Gasteiger partial charge in [-0.15, -0.1) is 0 Å². The predicted molar refractivity (Wildman–Crippen MR) is 78.2 cm³/mol. The number of hydrogen-bond acceptors (Lipinski definition) is 5. The van der Waals surface area contributed by atoms with E-state index in [-0.39, 0.29) is 21.9 Å². The molecule has 1 aliphatic rings. The van der Waals surface area contributed by atoms with Gasteiger partial charge in [0, 0.05) is 24.3 Å². The average molecular weight is 354 g/mol. The minimum absolute atomic E-state index is 0.106. The molecule has 2 unspecified atom stereocenters. The molecule has 0 amide bonds. The summed E-state index contributed by atoms with van der Waals surface area (Å²) < 4.78 is 54.4. The molecule has 21 heavy (non-hydrogen) atoms. The minimum Gasteiger partial charge on any atom is -0.377 e.